The van der Waals surface area contributed by atoms with E-state index >= 15 is 0 Å². The highest BCUT2D eigenvalue weighted by Crippen LogP contribution is 2.15. The Morgan fingerprint density at radius 1 is 1.40 bits per heavy atom. The summed E-state index contributed by atoms with van der Waals surface area (Å²) >= 11 is 3.38. The van der Waals surface area contributed by atoms with E-state index in [2.05, 4.69) is 22.9 Å². The SMILES string of the molecule is CCC[C@H](Br)C(=O)c1ccc(CO)cc1. The maximum absolute atomic E-state index is 11.8. The molecule has 0 heterocycles. The van der Waals surface area contributed by atoms with Crippen molar-refractivity contribution in [1.82, 2.24) is 0 Å². The molecule has 15 heavy (non-hydrogen) atoms. The normalized spacial score (nSPS) is 12.5. The zero-order valence-electron chi connectivity index (χ0n) is 8.74. The van der Waals surface area contributed by atoms with E-state index in [4.69, 9.17) is 5.11 Å². The lowest BCUT2D eigenvalue weighted by Crippen LogP contribution is -2.13. The van der Waals surface area contributed by atoms with Gasteiger partial charge in [-0.15, -0.1) is 0 Å². The molecule has 0 amide bonds. The Bertz CT molecular complexity index is 319. The van der Waals surface area contributed by atoms with E-state index in [1.54, 1.807) is 24.3 Å². The molecule has 0 fully saturated rings. The number of hydrogen-bond donors (Lipinski definition) is 1. The molecule has 0 aliphatic rings. The van der Waals surface area contributed by atoms with Crippen LogP contribution < -0.4 is 0 Å². The molecule has 0 aromatic heterocycles. The standard InChI is InChI=1S/C12H15BrO2/c1-2-3-11(13)12(15)10-6-4-9(8-14)5-7-10/h4-7,11,14H,2-3,8H2,1H3/t11-/m0/s1. The molecule has 82 valence electrons. The van der Waals surface area contributed by atoms with Gasteiger partial charge >= 0.3 is 0 Å². The molecule has 0 aliphatic carbocycles. The minimum atomic E-state index is -0.0949. The first-order valence-corrected chi connectivity index (χ1v) is 5.98. The predicted octanol–water partition coefficient (Wildman–Crippen LogP) is 2.93. The summed E-state index contributed by atoms with van der Waals surface area (Å²) in [4.78, 5) is 11.7. The number of carbonyl (C=O) groups excluding carboxylic acids is 1. The predicted molar refractivity (Wildman–Crippen MR) is 64.3 cm³/mol. The van der Waals surface area contributed by atoms with Gasteiger partial charge in [0.15, 0.2) is 5.78 Å². The third kappa shape index (κ3) is 3.43. The summed E-state index contributed by atoms with van der Waals surface area (Å²) in [5.41, 5.74) is 1.52. The summed E-state index contributed by atoms with van der Waals surface area (Å²) in [7, 11) is 0. The van der Waals surface area contributed by atoms with Crippen molar-refractivity contribution in [1.29, 1.82) is 0 Å². The molecule has 1 aromatic rings. The molecule has 3 heteroatoms. The monoisotopic (exact) mass is 270 g/mol. The highest BCUT2D eigenvalue weighted by atomic mass is 79.9. The molecule has 0 saturated heterocycles. The number of alkyl halides is 1. The summed E-state index contributed by atoms with van der Waals surface area (Å²) in [6.07, 6.45) is 1.83. The average molecular weight is 271 g/mol. The Labute approximate surface area is 98.4 Å². The minimum Gasteiger partial charge on any atom is -0.392 e. The van der Waals surface area contributed by atoms with Gasteiger partial charge in [-0.3, -0.25) is 4.79 Å². The van der Waals surface area contributed by atoms with Gasteiger partial charge in [-0.25, -0.2) is 0 Å². The average Bonchev–Trinajstić information content (AvgIpc) is 2.28. The fourth-order valence-electron chi connectivity index (χ4n) is 1.34. The number of rotatable bonds is 5. The van der Waals surface area contributed by atoms with Crippen LogP contribution in [0.25, 0.3) is 0 Å². The lowest BCUT2D eigenvalue weighted by atomic mass is 10.0. The molecule has 0 radical (unpaired) electrons. The fourth-order valence-corrected chi connectivity index (χ4v) is 2.06. The third-order valence-electron chi connectivity index (χ3n) is 2.25. The molecule has 0 unspecified atom stereocenters. The summed E-state index contributed by atoms with van der Waals surface area (Å²) < 4.78 is 0. The lowest BCUT2D eigenvalue weighted by molar-refractivity contribution is 0.0988. The van der Waals surface area contributed by atoms with Gasteiger partial charge in [-0.2, -0.15) is 0 Å². The second-order valence-electron chi connectivity index (χ2n) is 3.48. The molecule has 1 aromatic carbocycles. The molecule has 1 rings (SSSR count). The first kappa shape index (κ1) is 12.4. The van der Waals surface area contributed by atoms with Crippen LogP contribution in [0.4, 0.5) is 0 Å². The van der Waals surface area contributed by atoms with Gasteiger partial charge in [0.25, 0.3) is 0 Å². The minimum absolute atomic E-state index is 0.0151. The third-order valence-corrected chi connectivity index (χ3v) is 3.12. The van der Waals surface area contributed by atoms with Crippen molar-refractivity contribution in [3.8, 4) is 0 Å². The number of halogens is 1. The molecule has 0 bridgehead atoms. The van der Waals surface area contributed by atoms with Gasteiger partial charge in [0.2, 0.25) is 0 Å². The number of Topliss-reactive ketones (excluding diaryl/α,β-unsaturated/α-hetero) is 1. The van der Waals surface area contributed by atoms with Crippen LogP contribution in [0.5, 0.6) is 0 Å². The van der Waals surface area contributed by atoms with E-state index in [0.717, 1.165) is 18.4 Å². The van der Waals surface area contributed by atoms with Crippen LogP contribution >= 0.6 is 15.9 Å². The fraction of sp³-hybridized carbons (Fsp3) is 0.417. The first-order chi connectivity index (χ1) is 7.19. The summed E-state index contributed by atoms with van der Waals surface area (Å²) in [6, 6.07) is 7.08. The van der Waals surface area contributed by atoms with Crippen LogP contribution in [-0.2, 0) is 6.61 Å². The second kappa shape index (κ2) is 6.03. The number of benzene rings is 1. The number of aliphatic hydroxyl groups excluding tert-OH is 1. The van der Waals surface area contributed by atoms with Crippen molar-refractivity contribution in [2.45, 2.75) is 31.2 Å². The molecular formula is C12H15BrO2. The van der Waals surface area contributed by atoms with Crippen molar-refractivity contribution in [3.63, 3.8) is 0 Å². The zero-order chi connectivity index (χ0) is 11.3. The van der Waals surface area contributed by atoms with Gasteiger partial charge in [0.1, 0.15) is 0 Å². The second-order valence-corrected chi connectivity index (χ2v) is 4.58. The van der Waals surface area contributed by atoms with Gasteiger partial charge < -0.3 is 5.11 Å². The van der Waals surface area contributed by atoms with Gasteiger partial charge in [-0.05, 0) is 12.0 Å². The van der Waals surface area contributed by atoms with Crippen molar-refractivity contribution < 1.29 is 9.90 Å². The van der Waals surface area contributed by atoms with Gasteiger partial charge in [0, 0.05) is 5.56 Å². The van der Waals surface area contributed by atoms with Gasteiger partial charge in [-0.1, -0.05) is 53.5 Å². The summed E-state index contributed by atoms with van der Waals surface area (Å²) in [5.74, 6) is 0.112. The Morgan fingerprint density at radius 2 is 2.00 bits per heavy atom. The lowest BCUT2D eigenvalue weighted by Gasteiger charge is -2.07. The molecule has 0 aliphatic heterocycles. The summed E-state index contributed by atoms with van der Waals surface area (Å²) in [6.45, 7) is 2.07. The molecule has 0 spiro atoms. The number of hydrogen-bond acceptors (Lipinski definition) is 2. The topological polar surface area (TPSA) is 37.3 Å². The largest absolute Gasteiger partial charge is 0.392 e. The Balaban J connectivity index is 2.73. The van der Waals surface area contributed by atoms with Crippen LogP contribution in [0, 0.1) is 0 Å². The number of ketones is 1. The molecule has 0 saturated carbocycles. The zero-order valence-corrected chi connectivity index (χ0v) is 10.3. The van der Waals surface area contributed by atoms with E-state index in [9.17, 15) is 4.79 Å². The van der Waals surface area contributed by atoms with Crippen LogP contribution in [0.2, 0.25) is 0 Å². The van der Waals surface area contributed by atoms with Gasteiger partial charge in [0.05, 0.1) is 11.4 Å². The molecule has 1 atom stereocenters. The Hall–Kier alpha value is -0.670. The molecule has 2 nitrogen and oxygen atoms in total. The smallest absolute Gasteiger partial charge is 0.176 e. The highest BCUT2D eigenvalue weighted by molar-refractivity contribution is 9.10. The molecule has 1 N–H and O–H groups in total. The van der Waals surface area contributed by atoms with E-state index in [1.165, 1.54) is 0 Å². The van der Waals surface area contributed by atoms with Crippen LogP contribution in [0.1, 0.15) is 35.7 Å². The number of carbonyl (C=O) groups is 1. The maximum Gasteiger partial charge on any atom is 0.176 e. The van der Waals surface area contributed by atoms with E-state index in [0.29, 0.717) is 5.56 Å². The van der Waals surface area contributed by atoms with E-state index < -0.39 is 0 Å². The Kier molecular flexibility index (Phi) is 4.99. The van der Waals surface area contributed by atoms with Crippen LogP contribution in [-0.4, -0.2) is 15.7 Å². The first-order valence-electron chi connectivity index (χ1n) is 5.07. The summed E-state index contributed by atoms with van der Waals surface area (Å²) in [5, 5.41) is 8.87. The van der Waals surface area contributed by atoms with Crippen LogP contribution in [0.15, 0.2) is 24.3 Å². The van der Waals surface area contributed by atoms with Crippen molar-refractivity contribution >= 4 is 21.7 Å². The molecular weight excluding hydrogens is 256 g/mol. The quantitative estimate of drug-likeness (QED) is 0.660. The van der Waals surface area contributed by atoms with Crippen LogP contribution in [0.3, 0.4) is 0 Å². The van der Waals surface area contributed by atoms with E-state index in [-0.39, 0.29) is 17.2 Å². The van der Waals surface area contributed by atoms with Crippen molar-refractivity contribution in [2.24, 2.45) is 0 Å². The van der Waals surface area contributed by atoms with Crippen molar-refractivity contribution in [2.75, 3.05) is 0 Å². The Morgan fingerprint density at radius 3 is 2.47 bits per heavy atom. The highest BCUT2D eigenvalue weighted by Gasteiger charge is 2.15. The van der Waals surface area contributed by atoms with Crippen molar-refractivity contribution in [3.05, 3.63) is 35.4 Å². The number of aliphatic hydroxyl groups is 1. The maximum atomic E-state index is 11.8. The van der Waals surface area contributed by atoms with E-state index in [1.807, 2.05) is 0 Å².